The molecule has 0 saturated heterocycles. The number of nitrogens with zero attached hydrogens (tertiary/aromatic N) is 1. The average molecular weight is 302 g/mol. The maximum atomic E-state index is 12.4. The number of hydrogen-bond donors (Lipinski definition) is 1. The number of nitrogens with two attached hydrogens (primary N) is 1. The van der Waals surface area contributed by atoms with Crippen molar-refractivity contribution in [3.8, 4) is 5.75 Å². The Morgan fingerprint density at radius 3 is 3.05 bits per heavy atom. The van der Waals surface area contributed by atoms with Gasteiger partial charge in [0, 0.05) is 11.4 Å². The van der Waals surface area contributed by atoms with Crippen LogP contribution < -0.4 is 10.5 Å². The Labute approximate surface area is 128 Å². The molecule has 3 rings (SSSR count). The summed E-state index contributed by atoms with van der Waals surface area (Å²) in [7, 11) is 0. The zero-order chi connectivity index (χ0) is 14.8. The summed E-state index contributed by atoms with van der Waals surface area (Å²) in [6, 6.07) is 9.45. The van der Waals surface area contributed by atoms with Gasteiger partial charge in [-0.05, 0) is 42.5 Å². The summed E-state index contributed by atoms with van der Waals surface area (Å²) in [5, 5.41) is 2.09. The number of para-hydroxylation sites is 2. The number of hydrogen-bond acceptors (Lipinski definition) is 4. The van der Waals surface area contributed by atoms with E-state index in [-0.39, 0.29) is 18.6 Å². The second kappa shape index (κ2) is 5.77. The highest BCUT2D eigenvalue weighted by Gasteiger charge is 2.28. The van der Waals surface area contributed by atoms with Gasteiger partial charge in [-0.2, -0.15) is 0 Å². The lowest BCUT2D eigenvalue weighted by Crippen LogP contribution is -2.40. The lowest BCUT2D eigenvalue weighted by atomic mass is 10.0. The molecule has 0 saturated carbocycles. The number of carbonyl (C=O) groups excluding carboxylic acids is 1. The first-order valence-corrected chi connectivity index (χ1v) is 7.88. The van der Waals surface area contributed by atoms with E-state index in [1.54, 1.807) is 23.5 Å². The van der Waals surface area contributed by atoms with Crippen molar-refractivity contribution < 1.29 is 9.53 Å². The maximum Gasteiger partial charge on any atom is 0.261 e. The molecule has 2 N–H and O–H groups in total. The van der Waals surface area contributed by atoms with Crippen molar-refractivity contribution in [2.75, 3.05) is 18.9 Å². The summed E-state index contributed by atoms with van der Waals surface area (Å²) < 4.78 is 5.56. The van der Waals surface area contributed by atoms with Gasteiger partial charge in [0.15, 0.2) is 6.61 Å². The summed E-state index contributed by atoms with van der Waals surface area (Å²) in [6.07, 6.45) is 0.927. The third-order valence-corrected chi connectivity index (χ3v) is 4.86. The number of rotatable bonds is 3. The number of thiophene rings is 1. The molecule has 1 aliphatic rings. The third-order valence-electron chi connectivity index (χ3n) is 3.87. The molecule has 0 bridgehead atoms. The summed E-state index contributed by atoms with van der Waals surface area (Å²) in [4.78, 5) is 15.7. The molecule has 0 fully saturated rings. The van der Waals surface area contributed by atoms with Crippen LogP contribution in [-0.2, 0) is 11.2 Å². The van der Waals surface area contributed by atoms with Crippen LogP contribution in [0.2, 0.25) is 0 Å². The molecular formula is C16H18N2O2S. The minimum absolute atomic E-state index is 0.00241. The van der Waals surface area contributed by atoms with Gasteiger partial charge in [0.05, 0.1) is 11.7 Å². The Morgan fingerprint density at radius 1 is 1.43 bits per heavy atom. The first-order valence-electron chi connectivity index (χ1n) is 7.00. The molecule has 4 nitrogen and oxygen atoms in total. The average Bonchev–Trinajstić information content (AvgIpc) is 2.96. The van der Waals surface area contributed by atoms with Crippen molar-refractivity contribution in [1.82, 2.24) is 4.90 Å². The molecule has 21 heavy (non-hydrogen) atoms. The first-order chi connectivity index (χ1) is 10.2. The highest BCUT2D eigenvalue weighted by atomic mass is 32.1. The van der Waals surface area contributed by atoms with E-state index >= 15 is 0 Å². The molecule has 110 valence electrons. The summed E-state index contributed by atoms with van der Waals surface area (Å²) >= 11 is 1.77. The van der Waals surface area contributed by atoms with E-state index in [1.807, 2.05) is 17.0 Å². The standard InChI is InChI=1S/C16H18N2O2S/c1-11-12-7-9-21-15(12)6-8-18(11)16(19)10-20-14-5-3-2-4-13(14)17/h2-5,7,9,11H,6,8,10,17H2,1H3. The normalized spacial score (nSPS) is 17.4. The number of carbonyl (C=O) groups is 1. The Kier molecular flexibility index (Phi) is 3.84. The third kappa shape index (κ3) is 2.74. The second-order valence-electron chi connectivity index (χ2n) is 5.14. The zero-order valence-corrected chi connectivity index (χ0v) is 12.7. The van der Waals surface area contributed by atoms with Crippen LogP contribution in [0, 0.1) is 0 Å². The number of anilines is 1. The van der Waals surface area contributed by atoms with Crippen LogP contribution in [0.15, 0.2) is 35.7 Å². The Morgan fingerprint density at radius 2 is 2.24 bits per heavy atom. The van der Waals surface area contributed by atoms with Crippen LogP contribution in [0.1, 0.15) is 23.4 Å². The van der Waals surface area contributed by atoms with Crippen LogP contribution in [0.5, 0.6) is 5.75 Å². The smallest absolute Gasteiger partial charge is 0.261 e. The van der Waals surface area contributed by atoms with E-state index in [4.69, 9.17) is 10.5 Å². The molecular weight excluding hydrogens is 284 g/mol. The molecule has 0 radical (unpaired) electrons. The first kappa shape index (κ1) is 13.9. The maximum absolute atomic E-state index is 12.4. The highest BCUT2D eigenvalue weighted by Crippen LogP contribution is 2.32. The van der Waals surface area contributed by atoms with Crippen molar-refractivity contribution in [3.63, 3.8) is 0 Å². The number of ether oxygens (including phenoxy) is 1. The van der Waals surface area contributed by atoms with Gasteiger partial charge in [0.2, 0.25) is 0 Å². The van der Waals surface area contributed by atoms with Gasteiger partial charge in [0.25, 0.3) is 5.91 Å². The number of amides is 1. The van der Waals surface area contributed by atoms with Crippen LogP contribution in [0.25, 0.3) is 0 Å². The summed E-state index contributed by atoms with van der Waals surface area (Å²) in [6.45, 7) is 2.85. The minimum Gasteiger partial charge on any atom is -0.482 e. The highest BCUT2D eigenvalue weighted by molar-refractivity contribution is 7.10. The predicted molar refractivity (Wildman–Crippen MR) is 84.5 cm³/mol. The SMILES string of the molecule is CC1c2ccsc2CCN1C(=O)COc1ccccc1N. The lowest BCUT2D eigenvalue weighted by molar-refractivity contribution is -0.135. The fourth-order valence-corrected chi connectivity index (χ4v) is 3.65. The summed E-state index contributed by atoms with van der Waals surface area (Å²) in [5.74, 6) is 0.564. The van der Waals surface area contributed by atoms with Crippen LogP contribution in [-0.4, -0.2) is 24.0 Å². The molecule has 1 unspecified atom stereocenters. The fraction of sp³-hybridized carbons (Fsp3) is 0.312. The van der Waals surface area contributed by atoms with Gasteiger partial charge in [-0.25, -0.2) is 0 Å². The fourth-order valence-electron chi connectivity index (χ4n) is 2.68. The largest absolute Gasteiger partial charge is 0.482 e. The predicted octanol–water partition coefficient (Wildman–Crippen LogP) is 2.86. The van der Waals surface area contributed by atoms with E-state index in [9.17, 15) is 4.79 Å². The number of benzene rings is 1. The molecule has 1 amide bonds. The van der Waals surface area contributed by atoms with E-state index in [2.05, 4.69) is 18.4 Å². The van der Waals surface area contributed by atoms with Crippen LogP contribution >= 0.6 is 11.3 Å². The molecule has 1 aliphatic heterocycles. The van der Waals surface area contributed by atoms with Crippen molar-refractivity contribution in [1.29, 1.82) is 0 Å². The lowest BCUT2D eigenvalue weighted by Gasteiger charge is -2.33. The molecule has 1 aromatic heterocycles. The molecule has 2 heterocycles. The quantitative estimate of drug-likeness (QED) is 0.887. The molecule has 5 heteroatoms. The molecule has 2 aromatic rings. The Balaban J connectivity index is 1.65. The Hall–Kier alpha value is -2.01. The van der Waals surface area contributed by atoms with Crippen molar-refractivity contribution in [2.24, 2.45) is 0 Å². The minimum atomic E-state index is 0.00241. The zero-order valence-electron chi connectivity index (χ0n) is 11.9. The molecule has 1 atom stereocenters. The van der Waals surface area contributed by atoms with Crippen molar-refractivity contribution in [2.45, 2.75) is 19.4 Å². The van der Waals surface area contributed by atoms with Crippen molar-refractivity contribution >= 4 is 22.9 Å². The second-order valence-corrected chi connectivity index (χ2v) is 6.14. The van der Waals surface area contributed by atoms with Gasteiger partial charge in [-0.3, -0.25) is 4.79 Å². The van der Waals surface area contributed by atoms with E-state index in [0.29, 0.717) is 11.4 Å². The molecule has 0 spiro atoms. The van der Waals surface area contributed by atoms with E-state index < -0.39 is 0 Å². The number of fused-ring (bicyclic) bond motifs is 1. The van der Waals surface area contributed by atoms with Gasteiger partial charge < -0.3 is 15.4 Å². The summed E-state index contributed by atoms with van der Waals surface area (Å²) in [5.41, 5.74) is 7.63. The monoisotopic (exact) mass is 302 g/mol. The molecule has 1 aromatic carbocycles. The van der Waals surface area contributed by atoms with Gasteiger partial charge in [-0.1, -0.05) is 12.1 Å². The van der Waals surface area contributed by atoms with Crippen LogP contribution in [0.3, 0.4) is 0 Å². The van der Waals surface area contributed by atoms with E-state index in [1.165, 1.54) is 10.4 Å². The topological polar surface area (TPSA) is 55.6 Å². The Bertz CT molecular complexity index is 653. The molecule has 0 aliphatic carbocycles. The van der Waals surface area contributed by atoms with Crippen LogP contribution in [0.4, 0.5) is 5.69 Å². The van der Waals surface area contributed by atoms with Gasteiger partial charge in [-0.15, -0.1) is 11.3 Å². The van der Waals surface area contributed by atoms with Gasteiger partial charge >= 0.3 is 0 Å². The van der Waals surface area contributed by atoms with Crippen molar-refractivity contribution in [3.05, 3.63) is 46.2 Å². The number of nitrogen functional groups attached to an aromatic ring is 1. The van der Waals surface area contributed by atoms with Gasteiger partial charge in [0.1, 0.15) is 5.75 Å². The van der Waals surface area contributed by atoms with E-state index in [0.717, 1.165) is 13.0 Å².